The number of rotatable bonds is 6. The smallest absolute Gasteiger partial charge is 0.270 e. The minimum absolute atomic E-state index is 0.119. The molecule has 1 fully saturated rings. The van der Waals surface area contributed by atoms with E-state index in [0.717, 1.165) is 29.7 Å². The number of likely N-dealkylation sites (tertiary alicyclic amines) is 1. The molecular formula is C15H22BrN3O2. The lowest BCUT2D eigenvalue weighted by atomic mass is 10.1. The molecule has 1 aromatic rings. The van der Waals surface area contributed by atoms with Crippen molar-refractivity contribution in [1.82, 2.24) is 10.2 Å². The van der Waals surface area contributed by atoms with Crippen molar-refractivity contribution in [1.29, 1.82) is 0 Å². The summed E-state index contributed by atoms with van der Waals surface area (Å²) in [5.74, 6) is 0.698. The second-order valence-corrected chi connectivity index (χ2v) is 6.76. The third-order valence-corrected chi connectivity index (χ3v) is 4.78. The largest absolute Gasteiger partial charge is 0.312 e. The molecule has 1 saturated heterocycles. The molecule has 1 N–H and O–H groups in total. The van der Waals surface area contributed by atoms with Crippen molar-refractivity contribution < 1.29 is 4.92 Å². The molecular weight excluding hydrogens is 334 g/mol. The average molecular weight is 356 g/mol. The lowest BCUT2D eigenvalue weighted by Gasteiger charge is -2.20. The van der Waals surface area contributed by atoms with Gasteiger partial charge in [-0.1, -0.05) is 15.9 Å². The lowest BCUT2D eigenvalue weighted by molar-refractivity contribution is -0.384. The molecule has 5 nitrogen and oxygen atoms in total. The summed E-state index contributed by atoms with van der Waals surface area (Å²) >= 11 is 3.41. The topological polar surface area (TPSA) is 58.4 Å². The molecule has 0 amide bonds. The first-order valence-corrected chi connectivity index (χ1v) is 8.14. The molecule has 116 valence electrons. The minimum atomic E-state index is -0.374. The molecule has 1 aromatic carbocycles. The van der Waals surface area contributed by atoms with E-state index >= 15 is 0 Å². The number of nitro benzene ring substituents is 1. The van der Waals surface area contributed by atoms with E-state index in [1.165, 1.54) is 13.0 Å². The lowest BCUT2D eigenvalue weighted by Crippen LogP contribution is -2.30. The first-order valence-electron chi connectivity index (χ1n) is 7.35. The zero-order chi connectivity index (χ0) is 15.4. The van der Waals surface area contributed by atoms with Crippen LogP contribution in [0.2, 0.25) is 0 Å². The van der Waals surface area contributed by atoms with Crippen LogP contribution in [-0.2, 0) is 6.54 Å². The Kier molecular flexibility index (Phi) is 5.72. The van der Waals surface area contributed by atoms with Crippen molar-refractivity contribution in [2.24, 2.45) is 5.92 Å². The van der Waals surface area contributed by atoms with E-state index in [0.29, 0.717) is 12.0 Å². The highest BCUT2D eigenvalue weighted by molar-refractivity contribution is 9.10. The maximum Gasteiger partial charge on any atom is 0.270 e. The van der Waals surface area contributed by atoms with Crippen LogP contribution < -0.4 is 5.32 Å². The fourth-order valence-corrected chi connectivity index (χ4v) is 3.21. The Morgan fingerprint density at radius 3 is 2.86 bits per heavy atom. The molecule has 1 aliphatic rings. The van der Waals surface area contributed by atoms with Gasteiger partial charge in [-0.25, -0.2) is 0 Å². The van der Waals surface area contributed by atoms with Gasteiger partial charge in [0.05, 0.1) is 4.92 Å². The number of hydrogen-bond acceptors (Lipinski definition) is 4. The van der Waals surface area contributed by atoms with E-state index in [9.17, 15) is 10.1 Å². The first kappa shape index (κ1) is 16.4. The van der Waals surface area contributed by atoms with Crippen LogP contribution in [0.5, 0.6) is 0 Å². The fourth-order valence-electron chi connectivity index (χ4n) is 2.70. The Morgan fingerprint density at radius 1 is 1.52 bits per heavy atom. The Morgan fingerprint density at radius 2 is 2.29 bits per heavy atom. The summed E-state index contributed by atoms with van der Waals surface area (Å²) < 4.78 is 0.791. The molecule has 0 aliphatic carbocycles. The van der Waals surface area contributed by atoms with Gasteiger partial charge in [0.15, 0.2) is 0 Å². The van der Waals surface area contributed by atoms with E-state index in [1.54, 1.807) is 12.1 Å². The molecule has 2 rings (SSSR count). The fraction of sp³-hybridized carbons (Fsp3) is 0.600. The summed E-state index contributed by atoms with van der Waals surface area (Å²) in [6, 6.07) is 5.55. The maximum absolute atomic E-state index is 10.7. The maximum atomic E-state index is 10.7. The molecule has 1 aliphatic heterocycles. The number of nitrogens with one attached hydrogen (secondary N) is 1. The standard InChI is InChI=1S/C15H22BrN3O2/c1-11(2)18-6-5-12(10-18)8-17-9-13-3-4-14(19(20)21)7-15(13)16/h3-4,7,11-12,17H,5-6,8-10H2,1-2H3. The molecule has 0 saturated carbocycles. The van der Waals surface area contributed by atoms with E-state index < -0.39 is 0 Å². The molecule has 6 heteroatoms. The van der Waals surface area contributed by atoms with Gasteiger partial charge in [-0.15, -0.1) is 0 Å². The van der Waals surface area contributed by atoms with Crippen LogP contribution in [0.4, 0.5) is 5.69 Å². The van der Waals surface area contributed by atoms with Gasteiger partial charge < -0.3 is 10.2 Å². The zero-order valence-electron chi connectivity index (χ0n) is 12.5. The van der Waals surface area contributed by atoms with Crippen molar-refractivity contribution in [3.05, 3.63) is 38.3 Å². The average Bonchev–Trinajstić information content (AvgIpc) is 2.89. The third-order valence-electron chi connectivity index (χ3n) is 4.04. The Labute approximate surface area is 134 Å². The highest BCUT2D eigenvalue weighted by Crippen LogP contribution is 2.23. The molecule has 0 spiro atoms. The van der Waals surface area contributed by atoms with Crippen molar-refractivity contribution in [2.45, 2.75) is 32.9 Å². The summed E-state index contributed by atoms with van der Waals surface area (Å²) in [5.41, 5.74) is 1.17. The normalized spacial score (nSPS) is 19.3. The molecule has 0 bridgehead atoms. The van der Waals surface area contributed by atoms with Crippen LogP contribution >= 0.6 is 15.9 Å². The van der Waals surface area contributed by atoms with E-state index in [1.807, 2.05) is 6.07 Å². The first-order chi connectivity index (χ1) is 9.97. The predicted molar refractivity (Wildman–Crippen MR) is 87.3 cm³/mol. The number of nitro groups is 1. The number of hydrogen-bond donors (Lipinski definition) is 1. The number of non-ortho nitro benzene ring substituents is 1. The summed E-state index contributed by atoms with van der Waals surface area (Å²) in [7, 11) is 0. The van der Waals surface area contributed by atoms with Gasteiger partial charge in [0.25, 0.3) is 5.69 Å². The molecule has 0 aromatic heterocycles. The Bertz CT molecular complexity index is 508. The van der Waals surface area contributed by atoms with Crippen molar-refractivity contribution in [3.8, 4) is 0 Å². The Hall–Kier alpha value is -0.980. The summed E-state index contributed by atoms with van der Waals surface area (Å²) in [5, 5.41) is 14.2. The highest BCUT2D eigenvalue weighted by atomic mass is 79.9. The van der Waals surface area contributed by atoms with Gasteiger partial charge in [-0.2, -0.15) is 0 Å². The molecule has 1 atom stereocenters. The number of benzene rings is 1. The van der Waals surface area contributed by atoms with Crippen LogP contribution in [0, 0.1) is 16.0 Å². The molecule has 0 radical (unpaired) electrons. The monoisotopic (exact) mass is 355 g/mol. The predicted octanol–water partition coefficient (Wildman–Crippen LogP) is 3.18. The van der Waals surface area contributed by atoms with Gasteiger partial charge in [0.2, 0.25) is 0 Å². The van der Waals surface area contributed by atoms with E-state index in [2.05, 4.69) is 40.0 Å². The number of nitrogens with zero attached hydrogens (tertiary/aromatic N) is 2. The van der Waals surface area contributed by atoms with Crippen molar-refractivity contribution >= 4 is 21.6 Å². The summed E-state index contributed by atoms with van der Waals surface area (Å²) in [6.07, 6.45) is 1.24. The van der Waals surface area contributed by atoms with Crippen LogP contribution in [0.15, 0.2) is 22.7 Å². The van der Waals surface area contributed by atoms with Gasteiger partial charge >= 0.3 is 0 Å². The number of halogens is 1. The SMILES string of the molecule is CC(C)N1CCC(CNCc2ccc([N+](=O)[O-])cc2Br)C1. The van der Waals surface area contributed by atoms with Crippen molar-refractivity contribution in [3.63, 3.8) is 0 Å². The summed E-state index contributed by atoms with van der Waals surface area (Å²) in [4.78, 5) is 12.8. The quantitative estimate of drug-likeness (QED) is 0.628. The zero-order valence-corrected chi connectivity index (χ0v) is 14.1. The third kappa shape index (κ3) is 4.49. The Balaban J connectivity index is 1.80. The van der Waals surface area contributed by atoms with Crippen LogP contribution in [0.1, 0.15) is 25.8 Å². The van der Waals surface area contributed by atoms with Gasteiger partial charge in [0, 0.05) is 35.7 Å². The molecule has 1 unspecified atom stereocenters. The van der Waals surface area contributed by atoms with Crippen LogP contribution in [-0.4, -0.2) is 35.5 Å². The second-order valence-electron chi connectivity index (χ2n) is 5.91. The second kappa shape index (κ2) is 7.33. The van der Waals surface area contributed by atoms with E-state index in [-0.39, 0.29) is 10.6 Å². The molecule has 1 heterocycles. The highest BCUT2D eigenvalue weighted by Gasteiger charge is 2.23. The van der Waals surface area contributed by atoms with Gasteiger partial charge in [-0.3, -0.25) is 10.1 Å². The van der Waals surface area contributed by atoms with Crippen LogP contribution in [0.3, 0.4) is 0 Å². The molecule has 21 heavy (non-hydrogen) atoms. The van der Waals surface area contributed by atoms with Gasteiger partial charge in [-0.05, 0) is 50.9 Å². The van der Waals surface area contributed by atoms with Crippen LogP contribution in [0.25, 0.3) is 0 Å². The summed E-state index contributed by atoms with van der Waals surface area (Å²) in [6.45, 7) is 8.55. The van der Waals surface area contributed by atoms with Crippen molar-refractivity contribution in [2.75, 3.05) is 19.6 Å². The van der Waals surface area contributed by atoms with E-state index in [4.69, 9.17) is 0 Å². The van der Waals surface area contributed by atoms with Gasteiger partial charge in [0.1, 0.15) is 0 Å². The minimum Gasteiger partial charge on any atom is -0.312 e.